The monoisotopic (exact) mass is 324 g/mol. The molecule has 3 unspecified atom stereocenters. The quantitative estimate of drug-likeness (QED) is 0.843. The molecule has 2 fully saturated rings. The Balaban J connectivity index is 1.54. The van der Waals surface area contributed by atoms with Gasteiger partial charge in [-0.1, -0.05) is 24.6 Å². The van der Waals surface area contributed by atoms with Gasteiger partial charge < -0.3 is 10.1 Å². The zero-order chi connectivity index (χ0) is 16.3. The van der Waals surface area contributed by atoms with E-state index in [1.165, 1.54) is 28.6 Å². The van der Waals surface area contributed by atoms with Gasteiger partial charge in [0.15, 0.2) is 0 Å². The molecule has 0 amide bonds. The third-order valence-corrected chi connectivity index (χ3v) is 6.76. The first-order chi connectivity index (χ1) is 11.7. The van der Waals surface area contributed by atoms with Crippen LogP contribution in [-0.2, 0) is 11.2 Å². The van der Waals surface area contributed by atoms with Gasteiger partial charge in [0.2, 0.25) is 0 Å². The second-order valence-corrected chi connectivity index (χ2v) is 7.86. The van der Waals surface area contributed by atoms with Gasteiger partial charge in [0, 0.05) is 29.7 Å². The number of benzene rings is 1. The molecule has 1 saturated carbocycles. The molecule has 5 rings (SSSR count). The van der Waals surface area contributed by atoms with Crippen molar-refractivity contribution >= 4 is 16.9 Å². The van der Waals surface area contributed by atoms with Gasteiger partial charge >= 0.3 is 5.97 Å². The molecule has 0 radical (unpaired) electrons. The van der Waals surface area contributed by atoms with Crippen molar-refractivity contribution in [3.63, 3.8) is 0 Å². The van der Waals surface area contributed by atoms with E-state index in [1.807, 2.05) is 0 Å². The first-order valence-electron chi connectivity index (χ1n) is 9.28. The highest BCUT2D eigenvalue weighted by Crippen LogP contribution is 2.48. The van der Waals surface area contributed by atoms with E-state index in [4.69, 9.17) is 0 Å². The van der Waals surface area contributed by atoms with Gasteiger partial charge in [0.25, 0.3) is 0 Å². The minimum Gasteiger partial charge on any atom is -0.481 e. The summed E-state index contributed by atoms with van der Waals surface area (Å²) < 4.78 is 0. The number of nitrogens with zero attached hydrogens (tertiary/aromatic N) is 1. The molecule has 1 aromatic heterocycles. The fourth-order valence-electron chi connectivity index (χ4n) is 5.66. The van der Waals surface area contributed by atoms with Crippen LogP contribution in [0.1, 0.15) is 43.0 Å². The number of fused-ring (bicyclic) bond motifs is 6. The lowest BCUT2D eigenvalue weighted by Crippen LogP contribution is -2.50. The van der Waals surface area contributed by atoms with E-state index in [0.29, 0.717) is 17.9 Å². The Hall–Kier alpha value is -1.81. The van der Waals surface area contributed by atoms with Crippen LogP contribution in [0, 0.1) is 17.8 Å². The van der Waals surface area contributed by atoms with Crippen LogP contribution >= 0.6 is 0 Å². The molecule has 2 aromatic rings. The number of H-pyrrole nitrogens is 1. The summed E-state index contributed by atoms with van der Waals surface area (Å²) in [4.78, 5) is 18.0. The lowest BCUT2D eigenvalue weighted by Gasteiger charge is -2.49. The van der Waals surface area contributed by atoms with E-state index < -0.39 is 5.97 Å². The lowest BCUT2D eigenvalue weighted by molar-refractivity contribution is -0.148. The molecule has 4 nitrogen and oxygen atoms in total. The van der Waals surface area contributed by atoms with E-state index in [9.17, 15) is 9.90 Å². The zero-order valence-corrected chi connectivity index (χ0v) is 13.9. The summed E-state index contributed by atoms with van der Waals surface area (Å²) >= 11 is 0. The molecule has 24 heavy (non-hydrogen) atoms. The molecule has 3 aliphatic rings. The summed E-state index contributed by atoms with van der Waals surface area (Å²) in [7, 11) is 0. The van der Waals surface area contributed by atoms with Gasteiger partial charge in [0.05, 0.1) is 12.0 Å². The van der Waals surface area contributed by atoms with Crippen molar-refractivity contribution in [1.29, 1.82) is 0 Å². The average molecular weight is 324 g/mol. The van der Waals surface area contributed by atoms with Crippen LogP contribution < -0.4 is 0 Å². The summed E-state index contributed by atoms with van der Waals surface area (Å²) in [6, 6.07) is 8.95. The first kappa shape index (κ1) is 14.5. The lowest BCUT2D eigenvalue weighted by atomic mass is 9.66. The maximum absolute atomic E-state index is 11.7. The van der Waals surface area contributed by atoms with Crippen LogP contribution in [0.15, 0.2) is 24.3 Å². The summed E-state index contributed by atoms with van der Waals surface area (Å²) in [6.07, 6.45) is 5.26. The molecular weight excluding hydrogens is 300 g/mol. The van der Waals surface area contributed by atoms with E-state index in [2.05, 4.69) is 34.1 Å². The topological polar surface area (TPSA) is 56.3 Å². The molecular formula is C20H24N2O2. The van der Waals surface area contributed by atoms with Gasteiger partial charge in [0.1, 0.15) is 0 Å². The number of carboxylic acid groups (broad SMARTS) is 1. The predicted molar refractivity (Wildman–Crippen MR) is 92.9 cm³/mol. The normalized spacial score (nSPS) is 32.8. The number of carboxylic acids is 1. The highest BCUT2D eigenvalue weighted by Gasteiger charge is 2.46. The number of carbonyl (C=O) groups is 1. The number of nitrogens with one attached hydrogen (secondary N) is 1. The van der Waals surface area contributed by atoms with Gasteiger partial charge in [-0.2, -0.15) is 0 Å². The average Bonchev–Trinajstić information content (AvgIpc) is 2.98. The fourth-order valence-corrected chi connectivity index (χ4v) is 5.66. The minimum atomic E-state index is -0.578. The Bertz CT molecular complexity index is 796. The van der Waals surface area contributed by atoms with Crippen LogP contribution in [0.4, 0.5) is 0 Å². The molecule has 3 heterocycles. The third-order valence-electron chi connectivity index (χ3n) is 6.76. The van der Waals surface area contributed by atoms with Crippen molar-refractivity contribution < 1.29 is 9.90 Å². The summed E-state index contributed by atoms with van der Waals surface area (Å²) in [6.45, 7) is 2.19. The molecule has 1 saturated heterocycles. The molecule has 1 aromatic carbocycles. The standard InChI is InChI=1S/C20H24N2O2/c23-20(24)15-6-3-4-12-11-22-9-8-14-13-5-1-2-7-17(13)21-19(14)18(22)10-16(12)15/h1-2,5,7,12,15-16,18,21H,3-4,6,8-11H2,(H,23,24)/t12?,15-,16?,18?/m1/s1. The number of hydrogen-bond donors (Lipinski definition) is 2. The Morgan fingerprint density at radius 3 is 3.00 bits per heavy atom. The molecule has 126 valence electrons. The minimum absolute atomic E-state index is 0.138. The molecule has 0 spiro atoms. The van der Waals surface area contributed by atoms with Gasteiger partial charge in [-0.3, -0.25) is 9.69 Å². The Labute approximate surface area is 141 Å². The number of aromatic amines is 1. The predicted octanol–water partition coefficient (Wildman–Crippen LogP) is 3.59. The smallest absolute Gasteiger partial charge is 0.306 e. The second kappa shape index (κ2) is 5.35. The fraction of sp³-hybridized carbons (Fsp3) is 0.550. The molecule has 4 heteroatoms. The van der Waals surface area contributed by atoms with Crippen molar-refractivity contribution in [1.82, 2.24) is 9.88 Å². The van der Waals surface area contributed by atoms with Crippen molar-refractivity contribution in [2.75, 3.05) is 13.1 Å². The summed E-state index contributed by atoms with van der Waals surface area (Å²) in [5.41, 5.74) is 4.05. The maximum atomic E-state index is 11.7. The Morgan fingerprint density at radius 2 is 2.12 bits per heavy atom. The van der Waals surface area contributed by atoms with Crippen LogP contribution in [0.5, 0.6) is 0 Å². The zero-order valence-electron chi connectivity index (χ0n) is 13.9. The van der Waals surface area contributed by atoms with Gasteiger partial charge in [-0.15, -0.1) is 0 Å². The Morgan fingerprint density at radius 1 is 1.25 bits per heavy atom. The molecule has 0 bridgehead atoms. The van der Waals surface area contributed by atoms with Crippen molar-refractivity contribution in [2.45, 2.75) is 38.1 Å². The number of hydrogen-bond acceptors (Lipinski definition) is 2. The number of aliphatic carboxylic acids is 1. The van der Waals surface area contributed by atoms with E-state index in [0.717, 1.165) is 38.8 Å². The molecule has 2 aliphatic heterocycles. The SMILES string of the molecule is O=C(O)[C@@H]1CCCC2CN3CCc4c([nH]c5ccccc45)C3CC21. The summed E-state index contributed by atoms with van der Waals surface area (Å²) in [5.74, 6) is 0.198. The number of rotatable bonds is 1. The van der Waals surface area contributed by atoms with E-state index in [1.54, 1.807) is 0 Å². The number of aromatic nitrogens is 1. The van der Waals surface area contributed by atoms with Crippen LogP contribution in [0.3, 0.4) is 0 Å². The maximum Gasteiger partial charge on any atom is 0.306 e. The van der Waals surface area contributed by atoms with Gasteiger partial charge in [-0.25, -0.2) is 0 Å². The molecule has 4 atom stereocenters. The summed E-state index contributed by atoms with van der Waals surface area (Å²) in [5, 5.41) is 11.0. The van der Waals surface area contributed by atoms with Gasteiger partial charge in [-0.05, 0) is 49.1 Å². The van der Waals surface area contributed by atoms with E-state index in [-0.39, 0.29) is 5.92 Å². The number of para-hydroxylation sites is 1. The van der Waals surface area contributed by atoms with Crippen LogP contribution in [0.25, 0.3) is 10.9 Å². The van der Waals surface area contributed by atoms with Crippen LogP contribution in [-0.4, -0.2) is 34.0 Å². The molecule has 2 N–H and O–H groups in total. The molecule has 1 aliphatic carbocycles. The second-order valence-electron chi connectivity index (χ2n) is 7.86. The van der Waals surface area contributed by atoms with Crippen molar-refractivity contribution in [3.8, 4) is 0 Å². The number of piperidine rings is 1. The van der Waals surface area contributed by atoms with Crippen molar-refractivity contribution in [2.24, 2.45) is 17.8 Å². The third kappa shape index (κ3) is 2.05. The highest BCUT2D eigenvalue weighted by molar-refractivity contribution is 5.85. The van der Waals surface area contributed by atoms with E-state index >= 15 is 0 Å². The largest absolute Gasteiger partial charge is 0.481 e. The van der Waals surface area contributed by atoms with Crippen LogP contribution in [0.2, 0.25) is 0 Å². The highest BCUT2D eigenvalue weighted by atomic mass is 16.4. The first-order valence-corrected chi connectivity index (χ1v) is 9.28. The van der Waals surface area contributed by atoms with Crippen molar-refractivity contribution in [3.05, 3.63) is 35.5 Å². The Kier molecular flexibility index (Phi) is 3.24.